The fourth-order valence-electron chi connectivity index (χ4n) is 2.90. The average Bonchev–Trinajstić information content (AvgIpc) is 2.61. The van der Waals surface area contributed by atoms with E-state index < -0.39 is 5.60 Å². The predicted molar refractivity (Wildman–Crippen MR) is 111 cm³/mol. The first-order valence-electron chi connectivity index (χ1n) is 9.42. The Morgan fingerprint density at radius 2 is 1.71 bits per heavy atom. The molecule has 1 aliphatic heterocycles. The highest BCUT2D eigenvalue weighted by atomic mass is 79.9. The minimum Gasteiger partial charge on any atom is -0.444 e. The van der Waals surface area contributed by atoms with Crippen molar-refractivity contribution in [1.82, 2.24) is 10.2 Å². The smallest absolute Gasteiger partial charge is 0.410 e. The van der Waals surface area contributed by atoms with Crippen LogP contribution in [0.1, 0.15) is 40.0 Å². The molecule has 154 valence electrons. The molecule has 1 fully saturated rings. The molecule has 1 aromatic rings. The number of likely N-dealkylation sites (tertiary alicyclic amines) is 1. The molecule has 0 aromatic heterocycles. The van der Waals surface area contributed by atoms with Gasteiger partial charge >= 0.3 is 6.09 Å². The van der Waals surface area contributed by atoms with Crippen LogP contribution in [0.5, 0.6) is 0 Å². The topological polar surface area (TPSA) is 87.7 Å². The van der Waals surface area contributed by atoms with Crippen molar-refractivity contribution >= 4 is 39.5 Å². The molecule has 2 rings (SSSR count). The molecule has 0 saturated carbocycles. The van der Waals surface area contributed by atoms with Gasteiger partial charge in [0.25, 0.3) is 0 Å². The summed E-state index contributed by atoms with van der Waals surface area (Å²) < 4.78 is 6.30. The summed E-state index contributed by atoms with van der Waals surface area (Å²) in [5, 5.41) is 5.39. The summed E-state index contributed by atoms with van der Waals surface area (Å²) in [4.78, 5) is 37.8. The monoisotopic (exact) mass is 453 g/mol. The fourth-order valence-corrected chi connectivity index (χ4v) is 3.16. The molecule has 1 heterocycles. The zero-order valence-corrected chi connectivity index (χ0v) is 18.2. The van der Waals surface area contributed by atoms with Crippen LogP contribution in [-0.2, 0) is 14.3 Å². The molecule has 0 bridgehead atoms. The highest BCUT2D eigenvalue weighted by molar-refractivity contribution is 9.10. The lowest BCUT2D eigenvalue weighted by Crippen LogP contribution is -2.42. The van der Waals surface area contributed by atoms with Crippen molar-refractivity contribution in [3.63, 3.8) is 0 Å². The Morgan fingerprint density at radius 3 is 2.29 bits per heavy atom. The van der Waals surface area contributed by atoms with E-state index in [0.717, 1.165) is 17.3 Å². The molecule has 7 nitrogen and oxygen atoms in total. The zero-order valence-electron chi connectivity index (χ0n) is 16.6. The van der Waals surface area contributed by atoms with Crippen molar-refractivity contribution in [1.29, 1.82) is 0 Å². The number of carbonyl (C=O) groups excluding carboxylic acids is 3. The van der Waals surface area contributed by atoms with Crippen LogP contribution in [0.3, 0.4) is 0 Å². The van der Waals surface area contributed by atoms with E-state index in [1.807, 2.05) is 32.9 Å². The number of nitrogens with one attached hydrogen (secondary N) is 2. The second-order valence-electron chi connectivity index (χ2n) is 7.95. The maximum atomic E-state index is 12.1. The molecule has 28 heavy (non-hydrogen) atoms. The maximum Gasteiger partial charge on any atom is 0.410 e. The Balaban J connectivity index is 1.66. The Kier molecular flexibility index (Phi) is 7.86. The Bertz CT molecular complexity index is 692. The van der Waals surface area contributed by atoms with E-state index in [2.05, 4.69) is 26.6 Å². The van der Waals surface area contributed by atoms with Gasteiger partial charge in [-0.1, -0.05) is 15.9 Å². The van der Waals surface area contributed by atoms with Crippen molar-refractivity contribution in [2.75, 3.05) is 25.0 Å². The van der Waals surface area contributed by atoms with Gasteiger partial charge in [0, 0.05) is 29.7 Å². The van der Waals surface area contributed by atoms with Gasteiger partial charge in [-0.15, -0.1) is 0 Å². The lowest BCUT2D eigenvalue weighted by Gasteiger charge is -2.33. The lowest BCUT2D eigenvalue weighted by molar-refractivity contribution is -0.125. The summed E-state index contributed by atoms with van der Waals surface area (Å²) in [6.07, 6.45) is 1.54. The molecule has 1 aliphatic rings. The SMILES string of the molecule is CC(C)(C)OC(=O)N1CCC(CC(=O)NCC(=O)Nc2ccc(Br)cc2)CC1. The number of carbonyl (C=O) groups is 3. The number of piperidine rings is 1. The molecule has 1 saturated heterocycles. The van der Waals surface area contributed by atoms with Crippen LogP contribution in [-0.4, -0.2) is 48.0 Å². The molecule has 2 N–H and O–H groups in total. The van der Waals surface area contributed by atoms with Gasteiger partial charge in [0.15, 0.2) is 0 Å². The van der Waals surface area contributed by atoms with Gasteiger partial charge in [0.05, 0.1) is 6.54 Å². The number of ether oxygens (including phenoxy) is 1. The first kappa shape index (κ1) is 22.2. The van der Waals surface area contributed by atoms with E-state index in [9.17, 15) is 14.4 Å². The van der Waals surface area contributed by atoms with Gasteiger partial charge in [-0.3, -0.25) is 9.59 Å². The zero-order chi connectivity index (χ0) is 20.7. The normalized spacial score (nSPS) is 15.1. The second kappa shape index (κ2) is 9.91. The van der Waals surface area contributed by atoms with E-state index in [1.165, 1.54) is 0 Å². The number of rotatable bonds is 5. The van der Waals surface area contributed by atoms with Crippen LogP contribution < -0.4 is 10.6 Å². The van der Waals surface area contributed by atoms with Crippen molar-refractivity contribution in [2.45, 2.75) is 45.6 Å². The summed E-state index contributed by atoms with van der Waals surface area (Å²) in [5.41, 5.74) is 0.168. The van der Waals surface area contributed by atoms with Crippen molar-refractivity contribution < 1.29 is 19.1 Å². The third kappa shape index (κ3) is 7.88. The molecule has 0 unspecified atom stereocenters. The molecule has 0 spiro atoms. The summed E-state index contributed by atoms with van der Waals surface area (Å²) in [6, 6.07) is 7.22. The van der Waals surface area contributed by atoms with E-state index >= 15 is 0 Å². The number of hydrogen-bond donors (Lipinski definition) is 2. The number of hydrogen-bond acceptors (Lipinski definition) is 4. The molecule has 3 amide bonds. The van der Waals surface area contributed by atoms with E-state index in [1.54, 1.807) is 17.0 Å². The molecular formula is C20H28BrN3O4. The van der Waals surface area contributed by atoms with Crippen LogP contribution in [0.15, 0.2) is 28.7 Å². The summed E-state index contributed by atoms with van der Waals surface area (Å²) in [7, 11) is 0. The highest BCUT2D eigenvalue weighted by Gasteiger charge is 2.27. The molecular weight excluding hydrogens is 426 g/mol. The third-order valence-corrected chi connectivity index (χ3v) is 4.84. The predicted octanol–water partition coefficient (Wildman–Crippen LogP) is 3.54. The third-order valence-electron chi connectivity index (χ3n) is 4.31. The van der Waals surface area contributed by atoms with E-state index in [0.29, 0.717) is 25.2 Å². The molecule has 8 heteroatoms. The van der Waals surface area contributed by atoms with Crippen molar-refractivity contribution in [3.05, 3.63) is 28.7 Å². The van der Waals surface area contributed by atoms with E-state index in [-0.39, 0.29) is 30.4 Å². The fraction of sp³-hybridized carbons (Fsp3) is 0.550. The van der Waals surface area contributed by atoms with Gasteiger partial charge in [-0.25, -0.2) is 4.79 Å². The van der Waals surface area contributed by atoms with Crippen LogP contribution in [0, 0.1) is 5.92 Å². The highest BCUT2D eigenvalue weighted by Crippen LogP contribution is 2.22. The van der Waals surface area contributed by atoms with Crippen molar-refractivity contribution in [3.8, 4) is 0 Å². The van der Waals surface area contributed by atoms with E-state index in [4.69, 9.17) is 4.74 Å². The second-order valence-corrected chi connectivity index (χ2v) is 8.86. The summed E-state index contributed by atoms with van der Waals surface area (Å²) >= 11 is 3.33. The van der Waals surface area contributed by atoms with Crippen LogP contribution in [0.2, 0.25) is 0 Å². The average molecular weight is 454 g/mol. The van der Waals surface area contributed by atoms with Gasteiger partial charge in [0.1, 0.15) is 5.60 Å². The van der Waals surface area contributed by atoms with Gasteiger partial charge in [0.2, 0.25) is 11.8 Å². The molecule has 0 radical (unpaired) electrons. The van der Waals surface area contributed by atoms with Gasteiger partial charge in [-0.2, -0.15) is 0 Å². The molecule has 1 aromatic carbocycles. The van der Waals surface area contributed by atoms with Crippen LogP contribution in [0.4, 0.5) is 10.5 Å². The number of nitrogens with zero attached hydrogens (tertiary/aromatic N) is 1. The first-order chi connectivity index (χ1) is 13.1. The minimum absolute atomic E-state index is 0.0638. The van der Waals surface area contributed by atoms with Gasteiger partial charge < -0.3 is 20.3 Å². The Hall–Kier alpha value is -2.09. The number of benzene rings is 1. The number of anilines is 1. The number of amides is 3. The first-order valence-corrected chi connectivity index (χ1v) is 10.2. The van der Waals surface area contributed by atoms with Crippen LogP contribution >= 0.6 is 15.9 Å². The summed E-state index contributed by atoms with van der Waals surface area (Å²) in [5.74, 6) is -0.217. The van der Waals surface area contributed by atoms with Gasteiger partial charge in [-0.05, 0) is 63.8 Å². The largest absolute Gasteiger partial charge is 0.444 e. The Labute approximate surface area is 174 Å². The Morgan fingerprint density at radius 1 is 1.11 bits per heavy atom. The van der Waals surface area contributed by atoms with Crippen molar-refractivity contribution in [2.24, 2.45) is 5.92 Å². The lowest BCUT2D eigenvalue weighted by atomic mass is 9.93. The molecule has 0 atom stereocenters. The quantitative estimate of drug-likeness (QED) is 0.713. The molecule has 0 aliphatic carbocycles. The minimum atomic E-state index is -0.509. The number of halogens is 1. The standard InChI is InChI=1S/C20H28BrN3O4/c1-20(2,3)28-19(27)24-10-8-14(9-11-24)12-17(25)22-13-18(26)23-16-6-4-15(21)5-7-16/h4-7,14H,8-13H2,1-3H3,(H,22,25)(H,23,26). The van der Waals surface area contributed by atoms with Crippen LogP contribution in [0.25, 0.3) is 0 Å². The summed E-state index contributed by atoms with van der Waals surface area (Å²) in [6.45, 7) is 6.62. The maximum absolute atomic E-state index is 12.1.